The Balaban J connectivity index is 2.26. The fourth-order valence-corrected chi connectivity index (χ4v) is 1.51. The number of hydrogen-bond acceptors (Lipinski definition) is 4. The monoisotopic (exact) mass is 184 g/mol. The van der Waals surface area contributed by atoms with Gasteiger partial charge in [0.25, 0.3) is 0 Å². The second-order valence-corrected chi connectivity index (χ2v) is 3.77. The number of hydrogen-bond donors (Lipinski definition) is 1. The van der Waals surface area contributed by atoms with Crippen molar-refractivity contribution in [1.29, 1.82) is 0 Å². The second-order valence-electron chi connectivity index (χ2n) is 2.62. The standard InChI is InChI=1S/C7H8N2S2/c10-11-6-3-4-8-7(9-6)5-1-2-5/h3-5,10H,1-2H2. The third kappa shape index (κ3) is 1.68. The molecule has 0 aliphatic heterocycles. The van der Waals surface area contributed by atoms with Crippen molar-refractivity contribution in [3.8, 4) is 0 Å². The minimum absolute atomic E-state index is 0.635. The molecule has 1 saturated carbocycles. The summed E-state index contributed by atoms with van der Waals surface area (Å²) in [6.45, 7) is 0. The molecular weight excluding hydrogens is 176 g/mol. The zero-order valence-electron chi connectivity index (χ0n) is 5.90. The van der Waals surface area contributed by atoms with Gasteiger partial charge in [0.1, 0.15) is 10.9 Å². The largest absolute Gasteiger partial charge is 0.241 e. The number of rotatable bonds is 2. The Morgan fingerprint density at radius 1 is 1.55 bits per heavy atom. The van der Waals surface area contributed by atoms with Gasteiger partial charge in [-0.1, -0.05) is 0 Å². The van der Waals surface area contributed by atoms with Crippen LogP contribution in [-0.4, -0.2) is 9.97 Å². The minimum Gasteiger partial charge on any atom is -0.241 e. The molecule has 0 bridgehead atoms. The molecule has 0 saturated heterocycles. The average molecular weight is 184 g/mol. The van der Waals surface area contributed by atoms with Crippen LogP contribution in [0, 0.1) is 0 Å². The smallest absolute Gasteiger partial charge is 0.132 e. The van der Waals surface area contributed by atoms with E-state index >= 15 is 0 Å². The minimum atomic E-state index is 0.635. The predicted molar refractivity (Wildman–Crippen MR) is 48.9 cm³/mol. The van der Waals surface area contributed by atoms with Crippen LogP contribution in [0.1, 0.15) is 24.6 Å². The maximum atomic E-state index is 4.33. The van der Waals surface area contributed by atoms with Gasteiger partial charge in [0.15, 0.2) is 0 Å². The van der Waals surface area contributed by atoms with E-state index in [9.17, 15) is 0 Å². The highest BCUT2D eigenvalue weighted by Gasteiger charge is 2.26. The molecule has 1 aromatic heterocycles. The van der Waals surface area contributed by atoms with E-state index in [1.807, 2.05) is 6.07 Å². The van der Waals surface area contributed by atoms with Crippen molar-refractivity contribution in [3.63, 3.8) is 0 Å². The molecule has 0 amide bonds. The molecule has 1 aliphatic carbocycles. The highest BCUT2D eigenvalue weighted by Crippen LogP contribution is 2.38. The van der Waals surface area contributed by atoms with Crippen molar-refractivity contribution in [1.82, 2.24) is 9.97 Å². The molecule has 0 spiro atoms. The summed E-state index contributed by atoms with van der Waals surface area (Å²) in [5.74, 6) is 1.62. The first-order chi connectivity index (χ1) is 5.40. The first-order valence-corrected chi connectivity index (χ1v) is 5.41. The van der Waals surface area contributed by atoms with E-state index in [2.05, 4.69) is 21.6 Å². The van der Waals surface area contributed by atoms with Crippen molar-refractivity contribution in [2.75, 3.05) is 0 Å². The average Bonchev–Trinajstić information content (AvgIpc) is 2.87. The van der Waals surface area contributed by atoms with Crippen molar-refractivity contribution in [2.24, 2.45) is 0 Å². The summed E-state index contributed by atoms with van der Waals surface area (Å²) in [6.07, 6.45) is 4.31. The molecule has 2 rings (SSSR count). The Labute approximate surface area is 74.6 Å². The van der Waals surface area contributed by atoms with Crippen molar-refractivity contribution >= 4 is 22.5 Å². The molecule has 2 nitrogen and oxygen atoms in total. The maximum Gasteiger partial charge on any atom is 0.132 e. The van der Waals surface area contributed by atoms with Gasteiger partial charge < -0.3 is 0 Å². The molecule has 1 aromatic rings. The van der Waals surface area contributed by atoms with Crippen LogP contribution in [0.2, 0.25) is 0 Å². The Bertz CT molecular complexity index is 260. The van der Waals surface area contributed by atoms with Crippen LogP contribution in [0.4, 0.5) is 0 Å². The normalized spacial score (nSPS) is 16.8. The van der Waals surface area contributed by atoms with Gasteiger partial charge in [0.2, 0.25) is 0 Å². The highest BCUT2D eigenvalue weighted by atomic mass is 33.1. The molecule has 0 aromatic carbocycles. The summed E-state index contributed by atoms with van der Waals surface area (Å²) in [4.78, 5) is 8.52. The van der Waals surface area contributed by atoms with Gasteiger partial charge in [0.05, 0.1) is 0 Å². The molecule has 0 radical (unpaired) electrons. The lowest BCUT2D eigenvalue weighted by atomic mass is 10.4. The lowest BCUT2D eigenvalue weighted by Gasteiger charge is -1.96. The molecule has 0 unspecified atom stereocenters. The Kier molecular flexibility index (Phi) is 2.05. The maximum absolute atomic E-state index is 4.33. The van der Waals surface area contributed by atoms with Crippen LogP contribution in [-0.2, 0) is 0 Å². The summed E-state index contributed by atoms with van der Waals surface area (Å²) in [5, 5.41) is 0.949. The van der Waals surface area contributed by atoms with Crippen LogP contribution in [0.15, 0.2) is 17.3 Å². The lowest BCUT2D eigenvalue weighted by molar-refractivity contribution is 0.879. The van der Waals surface area contributed by atoms with Gasteiger partial charge in [-0.2, -0.15) is 0 Å². The Hall–Kier alpha value is -0.220. The fourth-order valence-electron chi connectivity index (χ4n) is 0.946. The van der Waals surface area contributed by atoms with E-state index in [1.165, 1.54) is 23.6 Å². The van der Waals surface area contributed by atoms with E-state index in [0.29, 0.717) is 5.92 Å². The molecule has 58 valence electrons. The molecule has 0 N–H and O–H groups in total. The van der Waals surface area contributed by atoms with Gasteiger partial charge >= 0.3 is 0 Å². The first-order valence-electron chi connectivity index (χ1n) is 3.54. The van der Waals surface area contributed by atoms with E-state index in [-0.39, 0.29) is 0 Å². The van der Waals surface area contributed by atoms with Gasteiger partial charge in [0, 0.05) is 12.1 Å². The third-order valence-electron chi connectivity index (χ3n) is 1.68. The van der Waals surface area contributed by atoms with E-state index < -0.39 is 0 Å². The Morgan fingerprint density at radius 3 is 3.00 bits per heavy atom. The summed E-state index contributed by atoms with van der Waals surface area (Å²) < 4.78 is 0. The van der Waals surface area contributed by atoms with E-state index in [0.717, 1.165) is 10.9 Å². The molecule has 1 aliphatic rings. The summed E-state index contributed by atoms with van der Waals surface area (Å²) in [6, 6.07) is 1.88. The van der Waals surface area contributed by atoms with Crippen LogP contribution >= 0.6 is 22.5 Å². The second kappa shape index (κ2) is 3.03. The Morgan fingerprint density at radius 2 is 2.36 bits per heavy atom. The van der Waals surface area contributed by atoms with Crippen LogP contribution in [0.3, 0.4) is 0 Å². The fraction of sp³-hybridized carbons (Fsp3) is 0.429. The van der Waals surface area contributed by atoms with Crippen LogP contribution in [0.5, 0.6) is 0 Å². The summed E-state index contributed by atoms with van der Waals surface area (Å²) >= 11 is 4.07. The molecule has 1 heterocycles. The van der Waals surface area contributed by atoms with Gasteiger partial charge in [-0.05, 0) is 29.7 Å². The van der Waals surface area contributed by atoms with Crippen molar-refractivity contribution in [2.45, 2.75) is 23.8 Å². The number of aromatic nitrogens is 2. The summed E-state index contributed by atoms with van der Waals surface area (Å²) in [7, 11) is 1.37. The van der Waals surface area contributed by atoms with E-state index in [1.54, 1.807) is 6.20 Å². The number of nitrogens with zero attached hydrogens (tertiary/aromatic N) is 2. The topological polar surface area (TPSA) is 25.8 Å². The quantitative estimate of drug-likeness (QED) is 0.434. The van der Waals surface area contributed by atoms with Gasteiger partial charge in [-0.3, -0.25) is 0 Å². The highest BCUT2D eigenvalue weighted by molar-refractivity contribution is 8.68. The lowest BCUT2D eigenvalue weighted by Crippen LogP contribution is -1.91. The van der Waals surface area contributed by atoms with Crippen molar-refractivity contribution in [3.05, 3.63) is 18.1 Å². The SMILES string of the molecule is SSc1ccnc(C2CC2)n1. The van der Waals surface area contributed by atoms with Gasteiger partial charge in [-0.25, -0.2) is 9.97 Å². The molecule has 0 atom stereocenters. The van der Waals surface area contributed by atoms with Crippen LogP contribution in [0.25, 0.3) is 0 Å². The molecular formula is C7H8N2S2. The van der Waals surface area contributed by atoms with Crippen molar-refractivity contribution < 1.29 is 0 Å². The molecule has 1 fully saturated rings. The molecule has 4 heteroatoms. The summed E-state index contributed by atoms with van der Waals surface area (Å²) in [5.41, 5.74) is 0. The van der Waals surface area contributed by atoms with E-state index in [4.69, 9.17) is 0 Å². The molecule has 11 heavy (non-hydrogen) atoms. The zero-order valence-corrected chi connectivity index (χ0v) is 7.61. The third-order valence-corrected chi connectivity index (χ3v) is 2.66. The number of thiol groups is 1. The predicted octanol–water partition coefficient (Wildman–Crippen LogP) is 2.29. The van der Waals surface area contributed by atoms with Crippen LogP contribution < -0.4 is 0 Å². The van der Waals surface area contributed by atoms with Gasteiger partial charge in [-0.15, -0.1) is 11.7 Å². The zero-order chi connectivity index (χ0) is 7.68. The first kappa shape index (κ1) is 7.43.